The van der Waals surface area contributed by atoms with Gasteiger partial charge in [-0.05, 0) is 19.1 Å². The van der Waals surface area contributed by atoms with Gasteiger partial charge in [0.1, 0.15) is 4.21 Å². The summed E-state index contributed by atoms with van der Waals surface area (Å²) in [5.74, 6) is 0. The van der Waals surface area contributed by atoms with Crippen molar-refractivity contribution in [1.29, 1.82) is 0 Å². The van der Waals surface area contributed by atoms with Crippen molar-refractivity contribution < 1.29 is 26.7 Å². The third-order valence-corrected chi connectivity index (χ3v) is 5.10. The first-order valence-corrected chi connectivity index (χ1v) is 7.22. The maximum Gasteiger partial charge on any atom is 0.390 e. The Hall–Kier alpha value is -0.640. The number of rotatable bonds is 5. The van der Waals surface area contributed by atoms with Crippen molar-refractivity contribution in [2.75, 3.05) is 0 Å². The molecule has 1 rings (SSSR count). The highest BCUT2D eigenvalue weighted by molar-refractivity contribution is 7.91. The molecule has 0 saturated carbocycles. The standard InChI is InChI=1S/C9H12F3NO3S2/c1-6(4-9(10,11)12)13-18(15,16)8-3-2-7(5-14)17-8/h2-3,6,13-14H,4-5H2,1H3. The zero-order valence-corrected chi connectivity index (χ0v) is 11.0. The monoisotopic (exact) mass is 303 g/mol. The molecule has 0 amide bonds. The number of hydrogen-bond donors (Lipinski definition) is 2. The summed E-state index contributed by atoms with van der Waals surface area (Å²) in [5.41, 5.74) is 0. The van der Waals surface area contributed by atoms with Gasteiger partial charge in [-0.1, -0.05) is 0 Å². The van der Waals surface area contributed by atoms with E-state index < -0.39 is 28.7 Å². The molecule has 0 radical (unpaired) electrons. The van der Waals surface area contributed by atoms with Crippen molar-refractivity contribution in [2.24, 2.45) is 0 Å². The number of aliphatic hydroxyl groups is 1. The lowest BCUT2D eigenvalue weighted by Crippen LogP contribution is -2.35. The van der Waals surface area contributed by atoms with Gasteiger partial charge in [-0.2, -0.15) is 13.2 Å². The molecule has 1 heterocycles. The number of sulfonamides is 1. The molecule has 0 spiro atoms. The van der Waals surface area contributed by atoms with Gasteiger partial charge in [0.15, 0.2) is 0 Å². The Kier molecular flexibility index (Phi) is 4.76. The minimum absolute atomic E-state index is 0.111. The average molecular weight is 303 g/mol. The molecule has 1 aromatic rings. The van der Waals surface area contributed by atoms with Crippen LogP contribution in [0.1, 0.15) is 18.2 Å². The van der Waals surface area contributed by atoms with Crippen molar-refractivity contribution >= 4 is 21.4 Å². The maximum absolute atomic E-state index is 12.1. The third kappa shape index (κ3) is 4.56. The summed E-state index contributed by atoms with van der Waals surface area (Å²) in [7, 11) is -3.96. The van der Waals surface area contributed by atoms with E-state index in [4.69, 9.17) is 5.11 Å². The second-order valence-corrected chi connectivity index (χ2v) is 6.83. The Morgan fingerprint density at radius 3 is 2.50 bits per heavy atom. The van der Waals surface area contributed by atoms with Crippen LogP contribution in [0.4, 0.5) is 13.2 Å². The van der Waals surface area contributed by atoms with Crippen LogP contribution in [0, 0.1) is 0 Å². The lowest BCUT2D eigenvalue weighted by molar-refractivity contribution is -0.137. The smallest absolute Gasteiger partial charge is 0.390 e. The summed E-state index contributed by atoms with van der Waals surface area (Å²) >= 11 is 0.818. The van der Waals surface area contributed by atoms with E-state index in [0.29, 0.717) is 4.88 Å². The van der Waals surface area contributed by atoms with E-state index in [0.717, 1.165) is 18.3 Å². The quantitative estimate of drug-likeness (QED) is 0.872. The van der Waals surface area contributed by atoms with Crippen LogP contribution in [0.3, 0.4) is 0 Å². The summed E-state index contributed by atoms with van der Waals surface area (Å²) in [4.78, 5) is 0.429. The molecule has 0 aliphatic heterocycles. The molecule has 1 aromatic heterocycles. The largest absolute Gasteiger partial charge is 0.391 e. The Bertz CT molecular complexity index is 495. The molecule has 18 heavy (non-hydrogen) atoms. The van der Waals surface area contributed by atoms with E-state index in [-0.39, 0.29) is 10.8 Å². The minimum atomic E-state index is -4.42. The second kappa shape index (κ2) is 5.55. The van der Waals surface area contributed by atoms with Gasteiger partial charge in [-0.3, -0.25) is 0 Å². The summed E-state index contributed by atoms with van der Waals surface area (Å²) in [6.07, 6.45) is -5.65. The highest BCUT2D eigenvalue weighted by atomic mass is 32.2. The van der Waals surface area contributed by atoms with Crippen LogP contribution in [0.15, 0.2) is 16.3 Å². The summed E-state index contributed by atoms with van der Waals surface area (Å²) in [5, 5.41) is 8.80. The van der Waals surface area contributed by atoms with Crippen molar-refractivity contribution in [3.05, 3.63) is 17.0 Å². The lowest BCUT2D eigenvalue weighted by atomic mass is 10.2. The molecular formula is C9H12F3NO3S2. The molecule has 0 aromatic carbocycles. The van der Waals surface area contributed by atoms with Crippen molar-refractivity contribution in [3.63, 3.8) is 0 Å². The molecule has 1 unspecified atom stereocenters. The second-order valence-electron chi connectivity index (χ2n) is 3.72. The van der Waals surface area contributed by atoms with Crippen LogP contribution >= 0.6 is 11.3 Å². The zero-order chi connectivity index (χ0) is 14.0. The fraction of sp³-hybridized carbons (Fsp3) is 0.556. The molecule has 0 aliphatic carbocycles. The zero-order valence-electron chi connectivity index (χ0n) is 9.36. The number of thiophene rings is 1. The SMILES string of the molecule is CC(CC(F)(F)F)NS(=O)(=O)c1ccc(CO)s1. The molecule has 0 aliphatic rings. The fourth-order valence-electron chi connectivity index (χ4n) is 1.30. The maximum atomic E-state index is 12.1. The van der Waals surface area contributed by atoms with E-state index in [1.54, 1.807) is 0 Å². The van der Waals surface area contributed by atoms with Crippen LogP contribution in [0.25, 0.3) is 0 Å². The van der Waals surface area contributed by atoms with Gasteiger partial charge < -0.3 is 5.11 Å². The highest BCUT2D eigenvalue weighted by Gasteiger charge is 2.32. The predicted molar refractivity (Wildman–Crippen MR) is 60.7 cm³/mol. The van der Waals surface area contributed by atoms with E-state index >= 15 is 0 Å². The van der Waals surface area contributed by atoms with Gasteiger partial charge in [0.05, 0.1) is 13.0 Å². The van der Waals surface area contributed by atoms with Crippen molar-refractivity contribution in [3.8, 4) is 0 Å². The Morgan fingerprint density at radius 2 is 2.06 bits per heavy atom. The van der Waals surface area contributed by atoms with Crippen LogP contribution in [0.2, 0.25) is 0 Å². The first-order valence-electron chi connectivity index (χ1n) is 4.93. The van der Waals surface area contributed by atoms with Crippen LogP contribution in [-0.4, -0.2) is 25.7 Å². The highest BCUT2D eigenvalue weighted by Crippen LogP contribution is 2.24. The normalized spacial score (nSPS) is 14.7. The Labute approximate surface area is 106 Å². The van der Waals surface area contributed by atoms with E-state index in [9.17, 15) is 21.6 Å². The number of hydrogen-bond acceptors (Lipinski definition) is 4. The van der Waals surface area contributed by atoms with E-state index in [1.165, 1.54) is 12.1 Å². The topological polar surface area (TPSA) is 66.4 Å². The first kappa shape index (κ1) is 15.4. The molecule has 0 saturated heterocycles. The molecule has 0 bridgehead atoms. The molecule has 1 atom stereocenters. The predicted octanol–water partition coefficient (Wildman–Crippen LogP) is 1.86. The Balaban J connectivity index is 2.76. The van der Waals surface area contributed by atoms with E-state index in [1.807, 2.05) is 4.72 Å². The summed E-state index contributed by atoms with van der Waals surface area (Å²) < 4.78 is 61.5. The molecule has 9 heteroatoms. The number of halogens is 3. The number of alkyl halides is 3. The van der Waals surface area contributed by atoms with Gasteiger partial charge in [0.25, 0.3) is 0 Å². The summed E-state index contributed by atoms with van der Waals surface area (Å²) in [6, 6.07) is 1.42. The average Bonchev–Trinajstić information content (AvgIpc) is 2.61. The van der Waals surface area contributed by atoms with Crippen molar-refractivity contribution in [1.82, 2.24) is 4.72 Å². The van der Waals surface area contributed by atoms with Crippen LogP contribution in [0.5, 0.6) is 0 Å². The van der Waals surface area contributed by atoms with Gasteiger partial charge in [0.2, 0.25) is 10.0 Å². The lowest BCUT2D eigenvalue weighted by Gasteiger charge is -2.15. The Morgan fingerprint density at radius 1 is 1.44 bits per heavy atom. The molecular weight excluding hydrogens is 291 g/mol. The molecule has 104 valence electrons. The molecule has 4 nitrogen and oxygen atoms in total. The fourth-order valence-corrected chi connectivity index (χ4v) is 3.78. The van der Waals surface area contributed by atoms with E-state index in [2.05, 4.69) is 0 Å². The van der Waals surface area contributed by atoms with Gasteiger partial charge in [0, 0.05) is 10.9 Å². The number of nitrogens with one attached hydrogen (secondary N) is 1. The first-order chi connectivity index (χ1) is 8.14. The summed E-state index contributed by atoms with van der Waals surface area (Å²) in [6.45, 7) is 0.837. The molecule has 2 N–H and O–H groups in total. The minimum Gasteiger partial charge on any atom is -0.391 e. The van der Waals surface area contributed by atoms with Crippen LogP contribution in [-0.2, 0) is 16.6 Å². The molecule has 0 fully saturated rings. The van der Waals surface area contributed by atoms with Crippen molar-refractivity contribution in [2.45, 2.75) is 36.4 Å². The van der Waals surface area contributed by atoms with Gasteiger partial charge in [-0.15, -0.1) is 11.3 Å². The van der Waals surface area contributed by atoms with Gasteiger partial charge in [-0.25, -0.2) is 13.1 Å². The van der Waals surface area contributed by atoms with Crippen LogP contribution < -0.4 is 4.72 Å². The third-order valence-electron chi connectivity index (χ3n) is 1.95. The van der Waals surface area contributed by atoms with Gasteiger partial charge >= 0.3 is 6.18 Å². The number of aliphatic hydroxyl groups excluding tert-OH is 1.